The normalized spacial score (nSPS) is 16.6. The molecule has 103 heavy (non-hydrogen) atoms. The summed E-state index contributed by atoms with van der Waals surface area (Å²) in [6.45, 7) is 15.3. The van der Waals surface area contributed by atoms with E-state index in [-0.39, 0.29) is 55.9 Å². The van der Waals surface area contributed by atoms with Crippen molar-refractivity contribution in [3.8, 4) is 84.3 Å². The largest absolute Gasteiger partial charge is 0.459 e. The van der Waals surface area contributed by atoms with Crippen LogP contribution in [0.2, 0.25) is 0 Å². The van der Waals surface area contributed by atoms with Crippen LogP contribution in [0.3, 0.4) is 0 Å². The second-order valence-electron chi connectivity index (χ2n) is 29.7. The summed E-state index contributed by atoms with van der Waals surface area (Å²) in [7, 11) is 0. The Morgan fingerprint density at radius 3 is 1.30 bits per heavy atom. The van der Waals surface area contributed by atoms with E-state index in [1.807, 2.05) is 164 Å². The molecular weight excluding hydrogens is 1250 g/mol. The minimum Gasteiger partial charge on any atom is -0.459 e. The summed E-state index contributed by atoms with van der Waals surface area (Å²) in [4.78, 5) is 3.84. The molecule has 7 heteroatoms. The van der Waals surface area contributed by atoms with E-state index in [0.717, 1.165) is 15.7 Å². The molecule has 0 spiro atoms. The average molecular weight is 1350 g/mol. The van der Waals surface area contributed by atoms with Crippen LogP contribution in [-0.2, 0) is 16.2 Å². The fourth-order valence-corrected chi connectivity index (χ4v) is 15.3. The zero-order valence-corrected chi connectivity index (χ0v) is 57.8. The molecule has 5 nitrogen and oxygen atoms in total. The first-order valence-corrected chi connectivity index (χ1v) is 34.4. The van der Waals surface area contributed by atoms with Crippen LogP contribution in [0.1, 0.15) is 112 Å². The highest BCUT2D eigenvalue weighted by Gasteiger charge is 2.52. The number of para-hydroxylation sites is 3. The third-order valence-corrected chi connectivity index (χ3v) is 20.3. The molecule has 0 saturated carbocycles. The second-order valence-corrected chi connectivity index (χ2v) is 29.7. The number of rotatable bonds is 8. The summed E-state index contributed by atoms with van der Waals surface area (Å²) in [5, 5.41) is -0.989. The van der Waals surface area contributed by atoms with Gasteiger partial charge in [-0.25, -0.2) is 0 Å². The summed E-state index contributed by atoms with van der Waals surface area (Å²) in [6, 6.07) is 32.5. The van der Waals surface area contributed by atoms with Crippen molar-refractivity contribution in [3.63, 3.8) is 0 Å². The van der Waals surface area contributed by atoms with E-state index < -0.39 is 225 Å². The lowest BCUT2D eigenvalue weighted by Crippen LogP contribution is -2.65. The minimum absolute atomic E-state index is 0.0252. The third kappa shape index (κ3) is 9.98. The van der Waals surface area contributed by atoms with Gasteiger partial charge in [-0.2, -0.15) is 0 Å². The zero-order chi connectivity index (χ0) is 90.7. The number of anilines is 6. The Kier molecular flexibility index (Phi) is 9.50. The fourth-order valence-electron chi connectivity index (χ4n) is 15.3. The molecule has 0 unspecified atom stereocenters. The highest BCUT2D eigenvalue weighted by Crippen LogP contribution is 2.57. The van der Waals surface area contributed by atoms with Gasteiger partial charge in [0.1, 0.15) is 23.0 Å². The van der Waals surface area contributed by atoms with Gasteiger partial charge in [-0.3, -0.25) is 0 Å². The maximum absolute atomic E-state index is 12.0. The Labute approximate surface area is 638 Å². The van der Waals surface area contributed by atoms with Gasteiger partial charge < -0.3 is 23.8 Å². The summed E-state index contributed by atoms with van der Waals surface area (Å²) in [6.07, 6.45) is 0. The van der Waals surface area contributed by atoms with Gasteiger partial charge >= 0.3 is 0 Å². The van der Waals surface area contributed by atoms with Crippen molar-refractivity contribution < 1.29 is 42.4 Å². The number of ether oxygens (including phenoxy) is 2. The molecule has 0 N–H and O–H groups in total. The van der Waals surface area contributed by atoms with Gasteiger partial charge in [-0.1, -0.05) is 280 Å². The molecule has 15 aromatic rings. The molecule has 1 aromatic heterocycles. The van der Waals surface area contributed by atoms with Gasteiger partial charge in [0.25, 0.3) is 13.4 Å². The SMILES string of the molecule is [2H]c1c([2H])c([2H])c(-c2c([2H])c([2H])c3c(c2[2H])c2c([2H])c([2H])c([2H])c([2H])c2n3-c2c([2H])c([2H])c3c(c2[2H])N(c2c(-c4ccccc4)cc(C(C)(C)C)cc2-c2ccccc2)c2cc(C(C)(C)C)cc4c2B3c2c3c5c(c([2H])c2N4c2c(-c4ccccc4)cc(C(C)(C)C)cc2-c2ccccc2)Oc2c([2H])c([2H])c([2H])c([2H])c2B5c2c([2H])c([2H])c([2H])c([2H])c2O3)c([2H])c1[2H]. The highest BCUT2D eigenvalue weighted by molar-refractivity contribution is 7.03. The molecule has 0 aliphatic carbocycles. The van der Waals surface area contributed by atoms with Crippen molar-refractivity contribution in [2.24, 2.45) is 0 Å². The molecule has 0 fully saturated rings. The minimum atomic E-state index is -1.68. The topological polar surface area (TPSA) is 29.9 Å². The molecule has 14 aromatic carbocycles. The lowest BCUT2D eigenvalue weighted by atomic mass is 9.30. The molecule has 0 bridgehead atoms. The molecule has 0 atom stereocenters. The van der Waals surface area contributed by atoms with E-state index in [1.165, 1.54) is 0 Å². The first-order valence-electron chi connectivity index (χ1n) is 46.4. The quantitative estimate of drug-likeness (QED) is 0.142. The predicted molar refractivity (Wildman–Crippen MR) is 436 cm³/mol. The Morgan fingerprint density at radius 1 is 0.320 bits per heavy atom. The fraction of sp³-hybridized carbons (Fsp3) is 0.125. The van der Waals surface area contributed by atoms with Gasteiger partial charge in [-0.05, 0) is 172 Å². The molecule has 494 valence electrons. The van der Waals surface area contributed by atoms with Crippen LogP contribution in [0.5, 0.6) is 23.0 Å². The molecule has 0 amide bonds. The van der Waals surface area contributed by atoms with Gasteiger partial charge in [0.2, 0.25) is 0 Å². The Balaban J connectivity index is 1.09. The van der Waals surface area contributed by atoms with Crippen LogP contribution in [0.25, 0.3) is 83.1 Å². The van der Waals surface area contributed by atoms with E-state index in [2.05, 4.69) is 65.8 Å². The maximum atomic E-state index is 12.0. The van der Waals surface area contributed by atoms with Crippen LogP contribution in [0.4, 0.5) is 34.1 Å². The van der Waals surface area contributed by atoms with E-state index in [1.54, 1.807) is 0 Å². The van der Waals surface area contributed by atoms with E-state index in [4.69, 9.17) is 13.6 Å². The Morgan fingerprint density at radius 2 is 0.777 bits per heavy atom. The number of fused-ring (bicyclic) bond motifs is 12. The lowest BCUT2D eigenvalue weighted by Gasteiger charge is -2.48. The average Bonchev–Trinajstić information content (AvgIpc) is 0.836. The standard InChI is InChI=1S/C96H77B2N3O2/c1-94(2,3)66-52-71(61-33-17-11-18-34-61)91(72(53-66)62-35-19-12-20-36-62)100-81-58-69(99-79-44-28-25-41-70(79)75-51-65(47-50-80(75)99)60-31-15-10-16-32-60)48-49-76(81)98-88-82(100)56-68(96(7,8)9)57-83(88)101(92-73(63-37-21-13-22-38-63)54-67(95(4,5)6)55-74(92)64-39-23-14-24-40-64)84-59-87-90-93(89(84)98)103-86-46-30-27-43-78(86)97(90)77-42-26-29-45-85(77)102-87/h10-59H,1-9H3/i10D,15D,16D,25D,26D,27D,28D,29D,30D,31D,32D,41D,42D,43D,44D,45D,46D,47D,48D,49D,50D,51D,58D,59D. The Bertz CT molecular complexity index is 7290. The van der Waals surface area contributed by atoms with E-state index in [9.17, 15) is 28.8 Å². The molecule has 4 aliphatic rings. The van der Waals surface area contributed by atoms with Crippen LogP contribution in [0.15, 0.2) is 303 Å². The van der Waals surface area contributed by atoms with Crippen LogP contribution in [-0.4, -0.2) is 18.0 Å². The van der Waals surface area contributed by atoms with Crippen molar-refractivity contribution >= 4 is 102 Å². The molecule has 0 radical (unpaired) electrons. The number of aromatic nitrogens is 1. The van der Waals surface area contributed by atoms with Crippen molar-refractivity contribution in [2.75, 3.05) is 9.80 Å². The number of hydrogen-bond donors (Lipinski definition) is 0. The molecular formula is C96H77B2N3O2. The van der Waals surface area contributed by atoms with Gasteiger partial charge in [0, 0.05) is 73.0 Å². The van der Waals surface area contributed by atoms with Crippen molar-refractivity contribution in [2.45, 2.75) is 78.6 Å². The molecule has 5 heterocycles. The maximum Gasteiger partial charge on any atom is 0.260 e. The van der Waals surface area contributed by atoms with Crippen LogP contribution in [0, 0.1) is 0 Å². The summed E-state index contributed by atoms with van der Waals surface area (Å²) >= 11 is 0. The van der Waals surface area contributed by atoms with E-state index in [0.29, 0.717) is 72.6 Å². The smallest absolute Gasteiger partial charge is 0.260 e. The summed E-state index contributed by atoms with van der Waals surface area (Å²) in [5.41, 5.74) is 2.98. The zero-order valence-electron chi connectivity index (χ0n) is 81.8. The molecule has 19 rings (SSSR count). The predicted octanol–water partition coefficient (Wildman–Crippen LogP) is 21.8. The first kappa shape index (κ1) is 41.8. The molecule has 4 aliphatic heterocycles. The Hall–Kier alpha value is -11.8. The van der Waals surface area contributed by atoms with Gasteiger partial charge in [0.05, 0.1) is 55.3 Å². The molecule has 0 saturated heterocycles. The van der Waals surface area contributed by atoms with Gasteiger partial charge in [0.15, 0.2) is 0 Å². The van der Waals surface area contributed by atoms with Crippen molar-refractivity contribution in [3.05, 3.63) is 319 Å². The summed E-state index contributed by atoms with van der Waals surface area (Å²) in [5.74, 6) is -1.52. The lowest BCUT2D eigenvalue weighted by molar-refractivity contribution is 0.467. The number of nitrogens with zero attached hydrogens (tertiary/aromatic N) is 3. The van der Waals surface area contributed by atoms with Crippen LogP contribution < -0.4 is 52.1 Å². The van der Waals surface area contributed by atoms with Crippen molar-refractivity contribution in [1.82, 2.24) is 4.57 Å². The monoisotopic (exact) mass is 1350 g/mol. The third-order valence-electron chi connectivity index (χ3n) is 20.3. The summed E-state index contributed by atoms with van der Waals surface area (Å²) < 4.78 is 254. The number of hydrogen-bond acceptors (Lipinski definition) is 4. The first-order chi connectivity index (χ1) is 60.0. The highest BCUT2D eigenvalue weighted by atomic mass is 16.5. The second kappa shape index (κ2) is 23.4. The van der Waals surface area contributed by atoms with E-state index >= 15 is 0 Å². The van der Waals surface area contributed by atoms with Gasteiger partial charge in [-0.15, -0.1) is 0 Å². The van der Waals surface area contributed by atoms with Crippen molar-refractivity contribution in [1.29, 1.82) is 0 Å². The number of benzene rings is 14. The van der Waals surface area contributed by atoms with Crippen LogP contribution >= 0.6 is 0 Å².